The van der Waals surface area contributed by atoms with Crippen molar-refractivity contribution in [1.82, 2.24) is 14.8 Å². The maximum absolute atomic E-state index is 12.2. The highest BCUT2D eigenvalue weighted by atomic mass is 16.3. The Morgan fingerprint density at radius 3 is 2.59 bits per heavy atom. The van der Waals surface area contributed by atoms with Crippen molar-refractivity contribution in [3.8, 4) is 11.4 Å². The first-order valence-electron chi connectivity index (χ1n) is 6.69. The van der Waals surface area contributed by atoms with Crippen LogP contribution in [-0.4, -0.2) is 25.8 Å². The van der Waals surface area contributed by atoms with E-state index in [2.05, 4.69) is 15.4 Å². The molecule has 6 nitrogen and oxygen atoms in total. The molecule has 2 aromatic carbocycles. The highest BCUT2D eigenvalue weighted by Gasteiger charge is 2.09. The average Bonchev–Trinajstić information content (AvgIpc) is 3.04. The summed E-state index contributed by atoms with van der Waals surface area (Å²) in [4.78, 5) is 16.1. The minimum atomic E-state index is -0.288. The normalized spacial score (nSPS) is 10.4. The van der Waals surface area contributed by atoms with Gasteiger partial charge in [0.1, 0.15) is 18.4 Å². The van der Waals surface area contributed by atoms with Crippen molar-refractivity contribution in [3.05, 3.63) is 66.2 Å². The molecular formula is C16H14N4O2. The number of phenols is 1. The molecule has 0 aliphatic carbocycles. The molecule has 0 aliphatic rings. The lowest BCUT2D eigenvalue weighted by molar-refractivity contribution is 0.102. The largest absolute Gasteiger partial charge is 0.506 e. The first kappa shape index (κ1) is 13.8. The van der Waals surface area contributed by atoms with Crippen LogP contribution in [0.25, 0.3) is 5.69 Å². The number of benzene rings is 2. The number of hydrogen-bond donors (Lipinski definition) is 2. The van der Waals surface area contributed by atoms with E-state index in [0.717, 1.165) is 11.3 Å². The highest BCUT2D eigenvalue weighted by Crippen LogP contribution is 2.24. The Labute approximate surface area is 127 Å². The number of nitrogens with one attached hydrogen (secondary N) is 1. The van der Waals surface area contributed by atoms with Gasteiger partial charge in [0.05, 0.1) is 11.4 Å². The molecule has 0 radical (unpaired) electrons. The van der Waals surface area contributed by atoms with Gasteiger partial charge in [0.2, 0.25) is 0 Å². The monoisotopic (exact) mass is 294 g/mol. The van der Waals surface area contributed by atoms with Crippen molar-refractivity contribution < 1.29 is 9.90 Å². The third kappa shape index (κ3) is 2.80. The van der Waals surface area contributed by atoms with Crippen LogP contribution < -0.4 is 5.32 Å². The molecule has 3 aromatic rings. The summed E-state index contributed by atoms with van der Waals surface area (Å²) in [5, 5.41) is 16.5. The predicted molar refractivity (Wildman–Crippen MR) is 82.2 cm³/mol. The zero-order valence-corrected chi connectivity index (χ0v) is 11.9. The Morgan fingerprint density at radius 1 is 1.18 bits per heavy atom. The maximum atomic E-state index is 12.2. The van der Waals surface area contributed by atoms with Crippen molar-refractivity contribution in [3.63, 3.8) is 0 Å². The fraction of sp³-hybridized carbons (Fsp3) is 0.0625. The fourth-order valence-corrected chi connectivity index (χ4v) is 2.05. The number of anilines is 1. The molecule has 1 amide bonds. The summed E-state index contributed by atoms with van der Waals surface area (Å²) < 4.78 is 1.60. The van der Waals surface area contributed by atoms with Gasteiger partial charge in [0.25, 0.3) is 5.91 Å². The lowest BCUT2D eigenvalue weighted by Gasteiger charge is -2.08. The van der Waals surface area contributed by atoms with Crippen molar-refractivity contribution in [1.29, 1.82) is 0 Å². The molecular weight excluding hydrogens is 280 g/mol. The molecule has 1 aromatic heterocycles. The number of phenolic OH excluding ortho intramolecular Hbond substituents is 1. The highest BCUT2D eigenvalue weighted by molar-refractivity contribution is 6.05. The van der Waals surface area contributed by atoms with Gasteiger partial charge in [-0.15, -0.1) is 0 Å². The lowest BCUT2D eigenvalue weighted by atomic mass is 10.1. The van der Waals surface area contributed by atoms with E-state index in [1.807, 2.05) is 13.0 Å². The molecule has 0 spiro atoms. The molecule has 1 heterocycles. The van der Waals surface area contributed by atoms with Gasteiger partial charge < -0.3 is 10.4 Å². The molecule has 0 bridgehead atoms. The van der Waals surface area contributed by atoms with E-state index in [-0.39, 0.29) is 11.7 Å². The topological polar surface area (TPSA) is 80.0 Å². The number of aromatic nitrogens is 3. The summed E-state index contributed by atoms with van der Waals surface area (Å²) >= 11 is 0. The number of carbonyl (C=O) groups excluding carboxylic acids is 1. The Kier molecular flexibility index (Phi) is 3.57. The van der Waals surface area contributed by atoms with Gasteiger partial charge >= 0.3 is 0 Å². The molecule has 0 aliphatic heterocycles. The number of nitrogens with zero attached hydrogens (tertiary/aromatic N) is 3. The summed E-state index contributed by atoms with van der Waals surface area (Å²) in [5.41, 5.74) is 2.61. The minimum absolute atomic E-state index is 0.0487. The SMILES string of the molecule is Cc1ccc(NC(=O)c2ccc(-n3cncn3)cc2)c(O)c1. The standard InChI is InChI=1S/C16H14N4O2/c1-11-2-7-14(15(21)8-11)19-16(22)12-3-5-13(6-4-12)20-10-17-9-18-20/h2-10,21H,1H3,(H,19,22). The summed E-state index contributed by atoms with van der Waals surface area (Å²) in [5.74, 6) is -0.239. The average molecular weight is 294 g/mol. The van der Waals surface area contributed by atoms with E-state index in [4.69, 9.17) is 0 Å². The molecule has 6 heteroatoms. The van der Waals surface area contributed by atoms with Crippen molar-refractivity contribution in [2.75, 3.05) is 5.32 Å². The Hall–Kier alpha value is -3.15. The molecule has 0 fully saturated rings. The molecule has 3 rings (SSSR count). The zero-order valence-electron chi connectivity index (χ0n) is 11.9. The van der Waals surface area contributed by atoms with Crippen molar-refractivity contribution in [2.24, 2.45) is 0 Å². The third-order valence-corrected chi connectivity index (χ3v) is 3.21. The maximum Gasteiger partial charge on any atom is 0.255 e. The Morgan fingerprint density at radius 2 is 1.95 bits per heavy atom. The van der Waals surface area contributed by atoms with Gasteiger partial charge in [0, 0.05) is 5.56 Å². The van der Waals surface area contributed by atoms with E-state index in [1.165, 1.54) is 6.33 Å². The van der Waals surface area contributed by atoms with Crippen molar-refractivity contribution >= 4 is 11.6 Å². The summed E-state index contributed by atoms with van der Waals surface area (Å²) in [6.45, 7) is 1.87. The molecule has 2 N–H and O–H groups in total. The molecule has 0 saturated carbocycles. The van der Waals surface area contributed by atoms with Crippen LogP contribution in [-0.2, 0) is 0 Å². The van der Waals surface area contributed by atoms with Crippen LogP contribution >= 0.6 is 0 Å². The van der Waals surface area contributed by atoms with E-state index < -0.39 is 0 Å². The minimum Gasteiger partial charge on any atom is -0.506 e. The van der Waals surface area contributed by atoms with Gasteiger partial charge in [-0.3, -0.25) is 4.79 Å². The predicted octanol–water partition coefficient (Wildman–Crippen LogP) is 2.53. The van der Waals surface area contributed by atoms with Gasteiger partial charge in [-0.25, -0.2) is 9.67 Å². The van der Waals surface area contributed by atoms with E-state index in [9.17, 15) is 9.90 Å². The third-order valence-electron chi connectivity index (χ3n) is 3.21. The quantitative estimate of drug-likeness (QED) is 0.727. The second-order valence-electron chi connectivity index (χ2n) is 4.86. The molecule has 0 atom stereocenters. The number of amides is 1. The van der Waals surface area contributed by atoms with E-state index in [1.54, 1.807) is 47.4 Å². The number of aromatic hydroxyl groups is 1. The van der Waals surface area contributed by atoms with Crippen LogP contribution in [0.15, 0.2) is 55.1 Å². The fourth-order valence-electron chi connectivity index (χ4n) is 2.05. The smallest absolute Gasteiger partial charge is 0.255 e. The van der Waals surface area contributed by atoms with Gasteiger partial charge in [-0.1, -0.05) is 6.07 Å². The Bertz CT molecular complexity index is 796. The van der Waals surface area contributed by atoms with Crippen LogP contribution in [0.5, 0.6) is 5.75 Å². The summed E-state index contributed by atoms with van der Waals surface area (Å²) in [6, 6.07) is 12.0. The molecule has 0 unspecified atom stereocenters. The van der Waals surface area contributed by atoms with Gasteiger partial charge in [-0.2, -0.15) is 5.10 Å². The molecule has 22 heavy (non-hydrogen) atoms. The van der Waals surface area contributed by atoms with E-state index in [0.29, 0.717) is 11.3 Å². The molecule has 110 valence electrons. The number of carbonyl (C=O) groups is 1. The van der Waals surface area contributed by atoms with E-state index >= 15 is 0 Å². The first-order chi connectivity index (χ1) is 10.6. The van der Waals surface area contributed by atoms with Crippen molar-refractivity contribution in [2.45, 2.75) is 6.92 Å². The van der Waals surface area contributed by atoms with Crippen LogP contribution in [0.3, 0.4) is 0 Å². The van der Waals surface area contributed by atoms with Crippen LogP contribution in [0, 0.1) is 6.92 Å². The van der Waals surface area contributed by atoms with Crippen LogP contribution in [0.1, 0.15) is 15.9 Å². The number of hydrogen-bond acceptors (Lipinski definition) is 4. The lowest BCUT2D eigenvalue weighted by Crippen LogP contribution is -2.12. The first-order valence-corrected chi connectivity index (χ1v) is 6.69. The number of rotatable bonds is 3. The van der Waals surface area contributed by atoms with Gasteiger partial charge in [0.15, 0.2) is 0 Å². The van der Waals surface area contributed by atoms with Crippen LogP contribution in [0.2, 0.25) is 0 Å². The zero-order chi connectivity index (χ0) is 15.5. The second kappa shape index (κ2) is 5.69. The summed E-state index contributed by atoms with van der Waals surface area (Å²) in [7, 11) is 0. The number of aryl methyl sites for hydroxylation is 1. The summed E-state index contributed by atoms with van der Waals surface area (Å²) in [6.07, 6.45) is 3.03. The van der Waals surface area contributed by atoms with Gasteiger partial charge in [-0.05, 0) is 48.9 Å². The second-order valence-corrected chi connectivity index (χ2v) is 4.86. The Balaban J connectivity index is 1.77. The van der Waals surface area contributed by atoms with Crippen LogP contribution in [0.4, 0.5) is 5.69 Å². The molecule has 0 saturated heterocycles.